The van der Waals surface area contributed by atoms with Gasteiger partial charge in [0, 0.05) is 19.3 Å². The molecule has 0 bridgehead atoms. The molecule has 3 rings (SSSR count). The van der Waals surface area contributed by atoms with E-state index >= 15 is 0 Å². The molecule has 0 amide bonds. The van der Waals surface area contributed by atoms with Crippen LogP contribution in [-0.2, 0) is 0 Å². The Morgan fingerprint density at radius 1 is 1.25 bits per heavy atom. The van der Waals surface area contributed by atoms with Crippen molar-refractivity contribution in [3.05, 3.63) is 18.0 Å². The second kappa shape index (κ2) is 3.49. The molecule has 0 aliphatic carbocycles. The van der Waals surface area contributed by atoms with Gasteiger partial charge in [0.1, 0.15) is 5.69 Å². The van der Waals surface area contributed by atoms with Crippen molar-refractivity contribution >= 4 is 11.7 Å². The fourth-order valence-electron chi connectivity index (χ4n) is 1.90. The van der Waals surface area contributed by atoms with Crippen LogP contribution in [-0.4, -0.2) is 32.7 Å². The number of anilines is 1. The molecule has 16 heavy (non-hydrogen) atoms. The highest BCUT2D eigenvalue weighted by Gasteiger charge is 2.17. The summed E-state index contributed by atoms with van der Waals surface area (Å²) in [5, 5.41) is 4.37. The largest absolute Gasteiger partial charge is 0.339 e. The minimum absolute atomic E-state index is 0.567. The molecule has 1 fully saturated rings. The van der Waals surface area contributed by atoms with Crippen LogP contribution < -0.4 is 4.90 Å². The van der Waals surface area contributed by atoms with Crippen LogP contribution in [0, 0.1) is 12.3 Å². The van der Waals surface area contributed by atoms with E-state index in [4.69, 9.17) is 6.42 Å². The lowest BCUT2D eigenvalue weighted by Gasteiger charge is -2.10. The lowest BCUT2D eigenvalue weighted by molar-refractivity contribution is 0.871. The Kier molecular flexibility index (Phi) is 2.00. The molecule has 80 valence electrons. The minimum atomic E-state index is 0.567. The third-order valence-corrected chi connectivity index (χ3v) is 2.73. The molecule has 1 aliphatic heterocycles. The van der Waals surface area contributed by atoms with Gasteiger partial charge >= 0.3 is 0 Å². The maximum absolute atomic E-state index is 5.29. The zero-order valence-corrected chi connectivity index (χ0v) is 8.80. The predicted octanol–water partition coefficient (Wildman–Crippen LogP) is 0.706. The summed E-state index contributed by atoms with van der Waals surface area (Å²) in [6, 6.07) is 1.76. The smallest absolute Gasteiger partial charge is 0.255 e. The number of hydrogen-bond acceptors (Lipinski definition) is 4. The highest BCUT2D eigenvalue weighted by molar-refractivity contribution is 5.41. The first-order valence-electron chi connectivity index (χ1n) is 5.32. The van der Waals surface area contributed by atoms with Gasteiger partial charge in [-0.05, 0) is 18.9 Å². The van der Waals surface area contributed by atoms with Gasteiger partial charge in [-0.2, -0.15) is 4.98 Å². The number of rotatable bonds is 1. The summed E-state index contributed by atoms with van der Waals surface area (Å²) in [5.74, 6) is 3.81. The summed E-state index contributed by atoms with van der Waals surface area (Å²) in [5.41, 5.74) is 0.591. The second-order valence-electron chi connectivity index (χ2n) is 3.81. The van der Waals surface area contributed by atoms with Gasteiger partial charge < -0.3 is 4.90 Å². The van der Waals surface area contributed by atoms with E-state index in [2.05, 4.69) is 25.9 Å². The Labute approximate surface area is 93.1 Å². The molecule has 0 unspecified atom stereocenters. The van der Waals surface area contributed by atoms with E-state index in [1.807, 2.05) is 0 Å². The second-order valence-corrected chi connectivity index (χ2v) is 3.81. The van der Waals surface area contributed by atoms with Crippen molar-refractivity contribution in [3.8, 4) is 12.3 Å². The number of hydrogen-bond donors (Lipinski definition) is 0. The van der Waals surface area contributed by atoms with Crippen LogP contribution >= 0.6 is 0 Å². The van der Waals surface area contributed by atoms with Crippen LogP contribution in [0.4, 0.5) is 5.95 Å². The van der Waals surface area contributed by atoms with Crippen molar-refractivity contribution in [3.63, 3.8) is 0 Å². The van der Waals surface area contributed by atoms with E-state index in [1.54, 1.807) is 16.8 Å². The van der Waals surface area contributed by atoms with Crippen molar-refractivity contribution in [2.45, 2.75) is 12.8 Å². The van der Waals surface area contributed by atoms with Gasteiger partial charge in [0.05, 0.1) is 0 Å². The monoisotopic (exact) mass is 213 g/mol. The predicted molar refractivity (Wildman–Crippen MR) is 60.2 cm³/mol. The quantitative estimate of drug-likeness (QED) is 0.654. The SMILES string of the molecule is C#Cc1ccn2nc(N3CCCC3)nc2n1. The Balaban J connectivity index is 2.05. The average Bonchev–Trinajstić information content (AvgIpc) is 2.96. The first-order chi connectivity index (χ1) is 7.86. The van der Waals surface area contributed by atoms with E-state index in [-0.39, 0.29) is 0 Å². The molecule has 2 aromatic rings. The fourth-order valence-corrected chi connectivity index (χ4v) is 1.90. The Morgan fingerprint density at radius 2 is 2.06 bits per heavy atom. The Bertz CT molecular complexity index is 559. The van der Waals surface area contributed by atoms with Crippen LogP contribution in [0.3, 0.4) is 0 Å². The average molecular weight is 213 g/mol. The van der Waals surface area contributed by atoms with Gasteiger partial charge in [0.25, 0.3) is 5.78 Å². The van der Waals surface area contributed by atoms with Crippen LogP contribution in [0.5, 0.6) is 0 Å². The summed E-state index contributed by atoms with van der Waals surface area (Å²) >= 11 is 0. The molecule has 1 aliphatic rings. The lowest BCUT2D eigenvalue weighted by Crippen LogP contribution is -2.19. The van der Waals surface area contributed by atoms with Gasteiger partial charge in [0.2, 0.25) is 5.95 Å². The summed E-state index contributed by atoms with van der Waals surface area (Å²) < 4.78 is 1.66. The number of fused-ring (bicyclic) bond motifs is 1. The molecule has 0 aromatic carbocycles. The maximum atomic E-state index is 5.29. The van der Waals surface area contributed by atoms with Crippen molar-refractivity contribution in [2.24, 2.45) is 0 Å². The lowest BCUT2D eigenvalue weighted by atomic mass is 10.4. The van der Waals surface area contributed by atoms with Crippen LogP contribution in [0.25, 0.3) is 5.78 Å². The van der Waals surface area contributed by atoms with Gasteiger partial charge in [-0.15, -0.1) is 11.5 Å². The van der Waals surface area contributed by atoms with Crippen molar-refractivity contribution in [2.75, 3.05) is 18.0 Å². The molecular formula is C11H11N5. The highest BCUT2D eigenvalue weighted by atomic mass is 15.4. The third kappa shape index (κ3) is 1.39. The summed E-state index contributed by atoms with van der Waals surface area (Å²) in [7, 11) is 0. The molecule has 1 saturated heterocycles. The van der Waals surface area contributed by atoms with Gasteiger partial charge in [-0.25, -0.2) is 9.50 Å². The molecule has 0 atom stereocenters. The molecule has 0 N–H and O–H groups in total. The van der Waals surface area contributed by atoms with Crippen LogP contribution in [0.2, 0.25) is 0 Å². The summed E-state index contributed by atoms with van der Waals surface area (Å²) in [6.45, 7) is 2.05. The van der Waals surface area contributed by atoms with E-state index < -0.39 is 0 Å². The molecule has 3 heterocycles. The zero-order chi connectivity index (χ0) is 11.0. The normalized spacial score (nSPS) is 15.6. The molecule has 0 radical (unpaired) electrons. The molecule has 5 nitrogen and oxygen atoms in total. The molecule has 2 aromatic heterocycles. The van der Waals surface area contributed by atoms with Gasteiger partial charge in [-0.1, -0.05) is 5.92 Å². The maximum Gasteiger partial charge on any atom is 0.255 e. The zero-order valence-electron chi connectivity index (χ0n) is 8.80. The first kappa shape index (κ1) is 9.16. The standard InChI is InChI=1S/C11H11N5/c1-2-9-5-8-16-10(12-9)13-11(14-16)15-6-3-4-7-15/h1,5,8H,3-4,6-7H2. The van der Waals surface area contributed by atoms with Crippen molar-refractivity contribution < 1.29 is 0 Å². The Hall–Kier alpha value is -2.09. The van der Waals surface area contributed by atoms with Crippen LogP contribution in [0.1, 0.15) is 18.5 Å². The number of aromatic nitrogens is 4. The first-order valence-corrected chi connectivity index (χ1v) is 5.32. The third-order valence-electron chi connectivity index (χ3n) is 2.73. The molecule has 0 saturated carbocycles. The number of nitrogens with zero attached hydrogens (tertiary/aromatic N) is 5. The Morgan fingerprint density at radius 3 is 2.81 bits per heavy atom. The molecular weight excluding hydrogens is 202 g/mol. The van der Waals surface area contributed by atoms with Crippen molar-refractivity contribution in [1.82, 2.24) is 19.6 Å². The van der Waals surface area contributed by atoms with Crippen molar-refractivity contribution in [1.29, 1.82) is 0 Å². The van der Waals surface area contributed by atoms with Crippen LogP contribution in [0.15, 0.2) is 12.3 Å². The van der Waals surface area contributed by atoms with Gasteiger partial charge in [0.15, 0.2) is 0 Å². The van der Waals surface area contributed by atoms with E-state index in [9.17, 15) is 0 Å². The number of terminal acetylenes is 1. The molecule has 5 heteroatoms. The minimum Gasteiger partial charge on any atom is -0.339 e. The highest BCUT2D eigenvalue weighted by Crippen LogP contribution is 2.16. The topological polar surface area (TPSA) is 46.3 Å². The summed E-state index contributed by atoms with van der Waals surface area (Å²) in [6.07, 6.45) is 9.50. The van der Waals surface area contributed by atoms with E-state index in [0.717, 1.165) is 19.0 Å². The van der Waals surface area contributed by atoms with E-state index in [1.165, 1.54) is 12.8 Å². The fraction of sp³-hybridized carbons (Fsp3) is 0.364. The summed E-state index contributed by atoms with van der Waals surface area (Å²) in [4.78, 5) is 10.8. The van der Waals surface area contributed by atoms with E-state index in [0.29, 0.717) is 11.5 Å². The molecule has 0 spiro atoms. The van der Waals surface area contributed by atoms with Gasteiger partial charge in [-0.3, -0.25) is 0 Å².